The normalized spacial score (nSPS) is 28.6. The quantitative estimate of drug-likeness (QED) is 0.698. The molecule has 1 rings (SSSR count). The Balaban J connectivity index is 2.52. The van der Waals surface area contributed by atoms with Gasteiger partial charge in [0.1, 0.15) is 0 Å². The van der Waals surface area contributed by atoms with Gasteiger partial charge in [-0.2, -0.15) is 0 Å². The van der Waals surface area contributed by atoms with E-state index in [0.29, 0.717) is 5.41 Å². The molecule has 1 N–H and O–H groups in total. The van der Waals surface area contributed by atoms with Gasteiger partial charge in [0, 0.05) is 19.3 Å². The minimum Gasteiger partial charge on any atom is -0.382 e. The topological polar surface area (TPSA) is 21.3 Å². The number of hydrogen-bond donors (Lipinski definition) is 1. The predicted molar refractivity (Wildman–Crippen MR) is 83.5 cm³/mol. The fourth-order valence-corrected chi connectivity index (χ4v) is 3.35. The summed E-state index contributed by atoms with van der Waals surface area (Å²) in [5, 5.41) is 3.76. The van der Waals surface area contributed by atoms with Gasteiger partial charge in [0.2, 0.25) is 0 Å². The Hall–Kier alpha value is -0.0800. The van der Waals surface area contributed by atoms with Crippen LogP contribution in [0.2, 0.25) is 0 Å². The van der Waals surface area contributed by atoms with E-state index >= 15 is 0 Å². The highest BCUT2D eigenvalue weighted by Crippen LogP contribution is 2.41. The lowest BCUT2D eigenvalue weighted by Gasteiger charge is -2.42. The van der Waals surface area contributed by atoms with Crippen LogP contribution in [0.15, 0.2) is 0 Å². The van der Waals surface area contributed by atoms with E-state index in [-0.39, 0.29) is 0 Å². The van der Waals surface area contributed by atoms with Gasteiger partial charge in [-0.25, -0.2) is 0 Å². The minimum absolute atomic E-state index is 0.458. The Labute approximate surface area is 120 Å². The van der Waals surface area contributed by atoms with E-state index in [1.54, 1.807) is 0 Å². The van der Waals surface area contributed by atoms with Crippen molar-refractivity contribution >= 4 is 0 Å². The van der Waals surface area contributed by atoms with Crippen LogP contribution in [0.3, 0.4) is 0 Å². The van der Waals surface area contributed by atoms with Gasteiger partial charge in [0.25, 0.3) is 0 Å². The standard InChI is InChI=1S/C17H35NO/c1-6-11-18-16-9-8-15(17(3,4)5)13-14(16)10-12-19-7-2/h14-16,18H,6-13H2,1-5H3. The third-order valence-corrected chi connectivity index (χ3v) is 4.70. The number of nitrogens with one attached hydrogen (secondary N) is 1. The van der Waals surface area contributed by atoms with Gasteiger partial charge >= 0.3 is 0 Å². The molecule has 0 amide bonds. The smallest absolute Gasteiger partial charge is 0.0469 e. The maximum absolute atomic E-state index is 5.58. The first kappa shape index (κ1) is 17.0. The molecular formula is C17H35NO. The second-order valence-electron chi connectivity index (χ2n) is 7.18. The fourth-order valence-electron chi connectivity index (χ4n) is 3.35. The maximum Gasteiger partial charge on any atom is 0.0469 e. The molecule has 1 aliphatic rings. The van der Waals surface area contributed by atoms with Crippen molar-refractivity contribution in [2.75, 3.05) is 19.8 Å². The van der Waals surface area contributed by atoms with Crippen molar-refractivity contribution in [3.63, 3.8) is 0 Å². The molecule has 1 saturated carbocycles. The summed E-state index contributed by atoms with van der Waals surface area (Å²) < 4.78 is 5.58. The zero-order valence-corrected chi connectivity index (χ0v) is 13.8. The molecular weight excluding hydrogens is 234 g/mol. The third kappa shape index (κ3) is 5.83. The van der Waals surface area contributed by atoms with Crippen molar-refractivity contribution in [3.05, 3.63) is 0 Å². The summed E-state index contributed by atoms with van der Waals surface area (Å²) in [5.41, 5.74) is 0.458. The molecule has 0 aliphatic heterocycles. The maximum atomic E-state index is 5.58. The lowest BCUT2D eigenvalue weighted by molar-refractivity contribution is 0.0761. The Morgan fingerprint density at radius 3 is 2.47 bits per heavy atom. The largest absolute Gasteiger partial charge is 0.382 e. The van der Waals surface area contributed by atoms with Crippen LogP contribution in [0.5, 0.6) is 0 Å². The highest BCUT2D eigenvalue weighted by atomic mass is 16.5. The number of ether oxygens (including phenoxy) is 1. The van der Waals surface area contributed by atoms with E-state index in [1.807, 2.05) is 0 Å². The van der Waals surface area contributed by atoms with Gasteiger partial charge in [0.15, 0.2) is 0 Å². The van der Waals surface area contributed by atoms with E-state index in [9.17, 15) is 0 Å². The van der Waals surface area contributed by atoms with Crippen molar-refractivity contribution in [1.82, 2.24) is 5.32 Å². The Bertz CT molecular complexity index is 234. The molecule has 3 atom stereocenters. The molecule has 1 fully saturated rings. The number of rotatable bonds is 7. The molecule has 0 aromatic carbocycles. The first-order chi connectivity index (χ1) is 8.99. The van der Waals surface area contributed by atoms with Crippen molar-refractivity contribution < 1.29 is 4.74 Å². The molecule has 3 unspecified atom stereocenters. The minimum atomic E-state index is 0.458. The highest BCUT2D eigenvalue weighted by molar-refractivity contribution is 4.88. The van der Waals surface area contributed by atoms with Crippen LogP contribution in [-0.4, -0.2) is 25.8 Å². The summed E-state index contributed by atoms with van der Waals surface area (Å²) in [6.45, 7) is 14.5. The van der Waals surface area contributed by atoms with Gasteiger partial charge in [-0.05, 0) is 62.8 Å². The summed E-state index contributed by atoms with van der Waals surface area (Å²) in [6.07, 6.45) is 6.56. The van der Waals surface area contributed by atoms with E-state index in [2.05, 4.69) is 39.9 Å². The summed E-state index contributed by atoms with van der Waals surface area (Å²) in [4.78, 5) is 0. The zero-order valence-electron chi connectivity index (χ0n) is 13.8. The van der Waals surface area contributed by atoms with E-state index < -0.39 is 0 Å². The van der Waals surface area contributed by atoms with Gasteiger partial charge in [-0.1, -0.05) is 27.7 Å². The first-order valence-electron chi connectivity index (χ1n) is 8.30. The SMILES string of the molecule is CCCNC1CCC(C(C)(C)C)CC1CCOCC. The summed E-state index contributed by atoms with van der Waals surface area (Å²) in [7, 11) is 0. The molecule has 2 heteroatoms. The molecule has 0 radical (unpaired) electrons. The van der Waals surface area contributed by atoms with Crippen LogP contribution in [0.25, 0.3) is 0 Å². The Morgan fingerprint density at radius 2 is 1.89 bits per heavy atom. The highest BCUT2D eigenvalue weighted by Gasteiger charge is 2.35. The molecule has 0 spiro atoms. The Kier molecular flexibility index (Phi) is 7.38. The molecule has 2 nitrogen and oxygen atoms in total. The lowest BCUT2D eigenvalue weighted by atomic mass is 9.67. The van der Waals surface area contributed by atoms with Gasteiger partial charge in [0.05, 0.1) is 0 Å². The molecule has 19 heavy (non-hydrogen) atoms. The second-order valence-corrected chi connectivity index (χ2v) is 7.18. The monoisotopic (exact) mass is 269 g/mol. The van der Waals surface area contributed by atoms with Crippen molar-refractivity contribution in [1.29, 1.82) is 0 Å². The van der Waals surface area contributed by atoms with E-state index in [4.69, 9.17) is 4.74 Å². The molecule has 0 bridgehead atoms. The third-order valence-electron chi connectivity index (χ3n) is 4.70. The lowest BCUT2D eigenvalue weighted by Crippen LogP contribution is -2.43. The van der Waals surface area contributed by atoms with Crippen molar-refractivity contribution in [2.24, 2.45) is 17.3 Å². The first-order valence-corrected chi connectivity index (χ1v) is 8.30. The second kappa shape index (κ2) is 8.26. The van der Waals surface area contributed by atoms with Crippen LogP contribution in [-0.2, 0) is 4.74 Å². The predicted octanol–water partition coefficient (Wildman–Crippen LogP) is 4.24. The van der Waals surface area contributed by atoms with E-state index in [1.165, 1.54) is 32.1 Å². The summed E-state index contributed by atoms with van der Waals surface area (Å²) in [6, 6.07) is 0.721. The van der Waals surface area contributed by atoms with Crippen LogP contribution in [0, 0.1) is 17.3 Å². The average Bonchev–Trinajstić information content (AvgIpc) is 2.36. The molecule has 1 aliphatic carbocycles. The fraction of sp³-hybridized carbons (Fsp3) is 1.00. The molecule has 114 valence electrons. The Morgan fingerprint density at radius 1 is 1.16 bits per heavy atom. The van der Waals surface area contributed by atoms with E-state index in [0.717, 1.165) is 37.6 Å². The van der Waals surface area contributed by atoms with Crippen LogP contribution >= 0.6 is 0 Å². The summed E-state index contributed by atoms with van der Waals surface area (Å²) >= 11 is 0. The van der Waals surface area contributed by atoms with Crippen LogP contribution in [0.1, 0.15) is 66.7 Å². The van der Waals surface area contributed by atoms with Gasteiger partial charge in [-0.15, -0.1) is 0 Å². The van der Waals surface area contributed by atoms with Gasteiger partial charge < -0.3 is 10.1 Å². The molecule has 0 aromatic rings. The van der Waals surface area contributed by atoms with Gasteiger partial charge in [-0.3, -0.25) is 0 Å². The number of hydrogen-bond acceptors (Lipinski definition) is 2. The molecule has 0 heterocycles. The molecule has 0 saturated heterocycles. The zero-order chi connectivity index (χ0) is 14.3. The van der Waals surface area contributed by atoms with Crippen molar-refractivity contribution in [2.45, 2.75) is 72.8 Å². The van der Waals surface area contributed by atoms with Crippen LogP contribution < -0.4 is 5.32 Å². The van der Waals surface area contributed by atoms with Crippen molar-refractivity contribution in [3.8, 4) is 0 Å². The summed E-state index contributed by atoms with van der Waals surface area (Å²) in [5.74, 6) is 1.68. The molecule has 0 aromatic heterocycles. The van der Waals surface area contributed by atoms with Crippen LogP contribution in [0.4, 0.5) is 0 Å². The average molecular weight is 269 g/mol.